The van der Waals surface area contributed by atoms with Crippen molar-refractivity contribution in [1.82, 2.24) is 5.32 Å². The van der Waals surface area contributed by atoms with Gasteiger partial charge in [0.05, 0.1) is 23.3 Å². The molecule has 1 atom stereocenters. The zero-order valence-electron chi connectivity index (χ0n) is 14.3. The Balaban J connectivity index is 1.66. The number of furan rings is 1. The molecule has 2 heterocycles. The highest BCUT2D eigenvalue weighted by atomic mass is 16.6. The van der Waals surface area contributed by atoms with Crippen molar-refractivity contribution in [1.29, 1.82) is 0 Å². The van der Waals surface area contributed by atoms with Crippen LogP contribution in [0.3, 0.4) is 0 Å². The van der Waals surface area contributed by atoms with Crippen LogP contribution in [0.25, 0.3) is 0 Å². The second-order valence-electron chi connectivity index (χ2n) is 5.65. The molecule has 1 amide bonds. The molecule has 1 aliphatic heterocycles. The maximum absolute atomic E-state index is 12.3. The molecule has 10 nitrogen and oxygen atoms in total. The number of esters is 1. The van der Waals surface area contributed by atoms with Crippen LogP contribution in [0.1, 0.15) is 29.1 Å². The maximum atomic E-state index is 12.3. The molecule has 10 heteroatoms. The lowest BCUT2D eigenvalue weighted by Crippen LogP contribution is -2.31. The van der Waals surface area contributed by atoms with E-state index in [2.05, 4.69) is 5.32 Å². The smallest absolute Gasteiger partial charge is 0.345 e. The van der Waals surface area contributed by atoms with Crippen LogP contribution < -0.4 is 14.8 Å². The van der Waals surface area contributed by atoms with Crippen LogP contribution in [-0.2, 0) is 9.53 Å². The topological polar surface area (TPSA) is 130 Å². The van der Waals surface area contributed by atoms with Crippen LogP contribution in [0.5, 0.6) is 11.5 Å². The highest BCUT2D eigenvalue weighted by Crippen LogP contribution is 2.36. The number of carbonyl (C=O) groups is 2. The SMILES string of the molecule is C[C@H](NC(=O)COC(=O)c1cc2c(cc1[N+](=O)[O-])OCCO2)c1ccco1. The van der Waals surface area contributed by atoms with E-state index in [9.17, 15) is 19.7 Å². The standard InChI is InChI=1S/C17H16N2O8/c1-10(13-3-2-4-24-13)18-16(20)9-27-17(21)11-7-14-15(26-6-5-25-14)8-12(11)19(22)23/h2-4,7-8,10H,5-6,9H2,1H3,(H,18,20)/t10-/m0/s1. The average Bonchev–Trinajstić information content (AvgIpc) is 3.20. The van der Waals surface area contributed by atoms with E-state index in [-0.39, 0.29) is 30.3 Å². The lowest BCUT2D eigenvalue weighted by molar-refractivity contribution is -0.385. The van der Waals surface area contributed by atoms with Crippen LogP contribution in [0.4, 0.5) is 5.69 Å². The number of hydrogen-bond donors (Lipinski definition) is 1. The van der Waals surface area contributed by atoms with E-state index >= 15 is 0 Å². The lowest BCUT2D eigenvalue weighted by atomic mass is 10.1. The number of nitrogens with zero attached hydrogens (tertiary/aromatic N) is 1. The normalized spacial score (nSPS) is 13.5. The quantitative estimate of drug-likeness (QED) is 0.460. The molecule has 1 aliphatic rings. The highest BCUT2D eigenvalue weighted by Gasteiger charge is 2.28. The summed E-state index contributed by atoms with van der Waals surface area (Å²) in [5.41, 5.74) is -0.815. The number of fused-ring (bicyclic) bond motifs is 1. The van der Waals surface area contributed by atoms with Crippen LogP contribution in [0.15, 0.2) is 34.9 Å². The van der Waals surface area contributed by atoms with Gasteiger partial charge in [-0.3, -0.25) is 14.9 Å². The van der Waals surface area contributed by atoms with E-state index in [0.29, 0.717) is 5.76 Å². The maximum Gasteiger partial charge on any atom is 0.345 e. The number of amides is 1. The summed E-state index contributed by atoms with van der Waals surface area (Å²) in [5.74, 6) is -0.673. The van der Waals surface area contributed by atoms with Gasteiger partial charge >= 0.3 is 5.97 Å². The minimum Gasteiger partial charge on any atom is -0.486 e. The summed E-state index contributed by atoms with van der Waals surface area (Å²) in [6.07, 6.45) is 1.47. The predicted molar refractivity (Wildman–Crippen MR) is 89.6 cm³/mol. The first-order valence-corrected chi connectivity index (χ1v) is 8.03. The molecule has 0 bridgehead atoms. The molecule has 0 aliphatic carbocycles. The molecule has 27 heavy (non-hydrogen) atoms. The molecular formula is C17H16N2O8. The lowest BCUT2D eigenvalue weighted by Gasteiger charge is -2.18. The number of benzene rings is 1. The second kappa shape index (κ2) is 7.77. The van der Waals surface area contributed by atoms with Crippen molar-refractivity contribution < 1.29 is 33.1 Å². The van der Waals surface area contributed by atoms with E-state index in [4.69, 9.17) is 18.6 Å². The summed E-state index contributed by atoms with van der Waals surface area (Å²) in [7, 11) is 0. The summed E-state index contributed by atoms with van der Waals surface area (Å²) in [6, 6.07) is 5.23. The first kappa shape index (κ1) is 18.2. The molecule has 1 N–H and O–H groups in total. The first-order chi connectivity index (χ1) is 13.0. The number of rotatable bonds is 6. The van der Waals surface area contributed by atoms with Gasteiger partial charge in [-0.2, -0.15) is 0 Å². The summed E-state index contributed by atoms with van der Waals surface area (Å²) >= 11 is 0. The van der Waals surface area contributed by atoms with Gasteiger partial charge in [0.1, 0.15) is 24.5 Å². The average molecular weight is 376 g/mol. The molecule has 3 rings (SSSR count). The highest BCUT2D eigenvalue weighted by molar-refractivity contribution is 5.96. The zero-order chi connectivity index (χ0) is 19.4. The molecule has 1 aromatic heterocycles. The third-order valence-electron chi connectivity index (χ3n) is 3.76. The fourth-order valence-corrected chi connectivity index (χ4v) is 2.49. The Kier molecular flexibility index (Phi) is 5.25. The van der Waals surface area contributed by atoms with Gasteiger partial charge in [-0.25, -0.2) is 4.79 Å². The van der Waals surface area contributed by atoms with Crippen molar-refractivity contribution >= 4 is 17.6 Å². The Bertz CT molecular complexity index is 862. The Hall–Kier alpha value is -3.56. The summed E-state index contributed by atoms with van der Waals surface area (Å²) < 4.78 is 20.7. The number of hydrogen-bond acceptors (Lipinski definition) is 8. The molecule has 0 fully saturated rings. The van der Waals surface area contributed by atoms with Crippen molar-refractivity contribution in [2.75, 3.05) is 19.8 Å². The minimum atomic E-state index is -1.01. The molecule has 0 saturated heterocycles. The number of ether oxygens (including phenoxy) is 3. The van der Waals surface area contributed by atoms with Crippen LogP contribution >= 0.6 is 0 Å². The summed E-state index contributed by atoms with van der Waals surface area (Å²) in [5, 5.41) is 13.8. The molecule has 0 radical (unpaired) electrons. The third kappa shape index (κ3) is 4.17. The molecule has 0 spiro atoms. The second-order valence-corrected chi connectivity index (χ2v) is 5.65. The molecule has 142 valence electrons. The van der Waals surface area contributed by atoms with Gasteiger partial charge in [-0.05, 0) is 19.1 Å². The van der Waals surface area contributed by atoms with Crippen molar-refractivity contribution in [3.63, 3.8) is 0 Å². The first-order valence-electron chi connectivity index (χ1n) is 8.03. The summed E-state index contributed by atoms with van der Waals surface area (Å²) in [4.78, 5) is 34.7. The van der Waals surface area contributed by atoms with Gasteiger partial charge < -0.3 is 23.9 Å². The molecule has 1 aromatic carbocycles. The van der Waals surface area contributed by atoms with Crippen LogP contribution in [0.2, 0.25) is 0 Å². The van der Waals surface area contributed by atoms with E-state index < -0.39 is 35.1 Å². The molecular weight excluding hydrogens is 360 g/mol. The van der Waals surface area contributed by atoms with E-state index in [1.165, 1.54) is 12.3 Å². The minimum absolute atomic E-state index is 0.175. The number of nitro groups is 1. The fraction of sp³-hybridized carbons (Fsp3) is 0.294. The van der Waals surface area contributed by atoms with Crippen LogP contribution in [-0.4, -0.2) is 36.6 Å². The zero-order valence-corrected chi connectivity index (χ0v) is 14.3. The number of carbonyl (C=O) groups excluding carboxylic acids is 2. The van der Waals surface area contributed by atoms with Gasteiger partial charge in [0.25, 0.3) is 11.6 Å². The van der Waals surface area contributed by atoms with Gasteiger partial charge in [0.2, 0.25) is 0 Å². The number of nitro benzene ring substituents is 1. The Labute approximate surface area is 153 Å². The third-order valence-corrected chi connectivity index (χ3v) is 3.76. The summed E-state index contributed by atoms with van der Waals surface area (Å²) in [6.45, 7) is 1.61. The number of nitrogens with one attached hydrogen (secondary N) is 1. The van der Waals surface area contributed by atoms with E-state index in [1.54, 1.807) is 19.1 Å². The van der Waals surface area contributed by atoms with Crippen molar-refractivity contribution in [3.05, 3.63) is 52.0 Å². The molecule has 0 unspecified atom stereocenters. The largest absolute Gasteiger partial charge is 0.486 e. The van der Waals surface area contributed by atoms with Crippen molar-refractivity contribution in [3.8, 4) is 11.5 Å². The molecule has 0 saturated carbocycles. The van der Waals surface area contributed by atoms with Gasteiger partial charge in [-0.1, -0.05) is 0 Å². The Morgan fingerprint density at radius 2 is 2.00 bits per heavy atom. The van der Waals surface area contributed by atoms with Gasteiger partial charge in [-0.15, -0.1) is 0 Å². The monoisotopic (exact) mass is 376 g/mol. The Morgan fingerprint density at radius 3 is 2.63 bits per heavy atom. The fourth-order valence-electron chi connectivity index (χ4n) is 2.49. The van der Waals surface area contributed by atoms with Crippen molar-refractivity contribution in [2.24, 2.45) is 0 Å². The van der Waals surface area contributed by atoms with E-state index in [0.717, 1.165) is 6.07 Å². The Morgan fingerprint density at radius 1 is 1.30 bits per heavy atom. The van der Waals surface area contributed by atoms with E-state index in [1.807, 2.05) is 0 Å². The molecule has 2 aromatic rings. The predicted octanol–water partition coefficient (Wildman–Crippen LogP) is 1.99. The van der Waals surface area contributed by atoms with Crippen LogP contribution in [0, 0.1) is 10.1 Å². The van der Waals surface area contributed by atoms with Gasteiger partial charge in [0.15, 0.2) is 18.1 Å². The van der Waals surface area contributed by atoms with Gasteiger partial charge in [0, 0.05) is 6.07 Å². The van der Waals surface area contributed by atoms with Crippen molar-refractivity contribution in [2.45, 2.75) is 13.0 Å².